The summed E-state index contributed by atoms with van der Waals surface area (Å²) in [7, 11) is -8.32. The van der Waals surface area contributed by atoms with Gasteiger partial charge in [0.25, 0.3) is 0 Å². The third kappa shape index (κ3) is 10.1. The number of hydrogen-bond acceptors (Lipinski definition) is 9. The first-order valence-electron chi connectivity index (χ1n) is 15.1. The quantitative estimate of drug-likeness (QED) is 0.0677. The molecule has 1 saturated heterocycles. The molecule has 16 nitrogen and oxygen atoms in total. The van der Waals surface area contributed by atoms with E-state index in [2.05, 4.69) is 16.1 Å². The summed E-state index contributed by atoms with van der Waals surface area (Å²) in [6, 6.07) is 16.6. The van der Waals surface area contributed by atoms with Crippen molar-refractivity contribution in [3.63, 3.8) is 0 Å². The van der Waals surface area contributed by atoms with Crippen molar-refractivity contribution >= 4 is 45.0 Å². The van der Waals surface area contributed by atoms with Gasteiger partial charge in [0.05, 0.1) is 31.0 Å². The highest BCUT2D eigenvalue weighted by molar-refractivity contribution is 7.65. The molecule has 268 valence electrons. The van der Waals surface area contributed by atoms with E-state index in [0.29, 0.717) is 33.8 Å². The summed E-state index contributed by atoms with van der Waals surface area (Å²) in [6.07, 6.45) is -0.331. The molecule has 50 heavy (non-hydrogen) atoms. The highest BCUT2D eigenvalue weighted by Crippen LogP contribution is 2.53. The lowest BCUT2D eigenvalue weighted by Crippen LogP contribution is -2.39. The van der Waals surface area contributed by atoms with Gasteiger partial charge in [0.2, 0.25) is 13.9 Å². The molecule has 1 aliphatic rings. The van der Waals surface area contributed by atoms with Crippen LogP contribution in [0.5, 0.6) is 0 Å². The molecule has 0 aromatic heterocycles. The Kier molecular flexibility index (Phi) is 12.8. The Hall–Kier alpha value is -4.76. The molecule has 19 heteroatoms. The first-order chi connectivity index (χ1) is 23.7. The number of urea groups is 1. The lowest BCUT2D eigenvalue weighted by molar-refractivity contribution is -0.119. The van der Waals surface area contributed by atoms with Crippen molar-refractivity contribution in [1.82, 2.24) is 15.6 Å². The monoisotopic (exact) mass is 733 g/mol. The second-order valence-corrected chi connectivity index (χ2v) is 15.0. The molecule has 3 atom stereocenters. The van der Waals surface area contributed by atoms with Crippen LogP contribution >= 0.6 is 15.6 Å². The van der Waals surface area contributed by atoms with Crippen LogP contribution in [-0.4, -0.2) is 68.7 Å². The van der Waals surface area contributed by atoms with Gasteiger partial charge in [-0.25, -0.2) is 14.0 Å². The standard InChI is InChI=1S/C31H38FN7O9P2/c1-19(40)35-15-26-18-39(31(42)48-26)25-10-11-27(28(32)13-25)22-6-2-21(3-7-22)16-38(17-24(14-33)37-34)30(41)36-23-8-4-20(5-9-23)12-29(49(43)44)50(45,46)47/h2-11,13-14,26,29,37,49H,12,15-18,33-34H2,1H3,(H,35,40)(H,36,41)(H,43,44)(H2,45,46,47)/b24-14-/t26-,29?/m0/s1. The van der Waals surface area contributed by atoms with Gasteiger partial charge in [-0.3, -0.25) is 24.7 Å². The van der Waals surface area contributed by atoms with Crippen molar-refractivity contribution in [3.8, 4) is 11.1 Å². The van der Waals surface area contributed by atoms with Crippen molar-refractivity contribution in [3.05, 3.63) is 95.6 Å². The van der Waals surface area contributed by atoms with Crippen LogP contribution in [0, 0.1) is 5.82 Å². The van der Waals surface area contributed by atoms with Gasteiger partial charge >= 0.3 is 19.7 Å². The minimum Gasteiger partial charge on any atom is -0.442 e. The minimum absolute atomic E-state index is 0.0197. The number of halogens is 1. The molecule has 1 fully saturated rings. The fourth-order valence-electron chi connectivity index (χ4n) is 5.06. The summed E-state index contributed by atoms with van der Waals surface area (Å²) >= 11 is 0. The number of carbonyl (C=O) groups is 3. The van der Waals surface area contributed by atoms with Crippen LogP contribution in [0.2, 0.25) is 0 Å². The predicted octanol–water partition coefficient (Wildman–Crippen LogP) is 2.76. The number of cyclic esters (lactones) is 1. The van der Waals surface area contributed by atoms with Gasteiger partial charge in [0.15, 0.2) is 0 Å². The maximum atomic E-state index is 15.3. The molecule has 0 aliphatic carbocycles. The Morgan fingerprint density at radius 3 is 2.36 bits per heavy atom. The molecule has 0 bridgehead atoms. The fraction of sp³-hybridized carbons (Fsp3) is 0.258. The normalized spacial score (nSPS) is 16.0. The Morgan fingerprint density at radius 2 is 1.80 bits per heavy atom. The third-order valence-electron chi connectivity index (χ3n) is 7.72. The average Bonchev–Trinajstić information content (AvgIpc) is 3.45. The van der Waals surface area contributed by atoms with Crippen LogP contribution in [-0.2, 0) is 31.6 Å². The van der Waals surface area contributed by atoms with Gasteiger partial charge in [0, 0.05) is 30.9 Å². The maximum absolute atomic E-state index is 15.3. The van der Waals surface area contributed by atoms with E-state index in [-0.39, 0.29) is 44.1 Å². The molecule has 1 heterocycles. The second-order valence-electron chi connectivity index (χ2n) is 11.4. The van der Waals surface area contributed by atoms with Crippen molar-refractivity contribution in [2.24, 2.45) is 11.6 Å². The number of nitrogens with one attached hydrogen (secondary N) is 3. The molecule has 4 amide bonds. The third-order valence-corrected chi connectivity index (χ3v) is 11.2. The molecule has 10 N–H and O–H groups in total. The van der Waals surface area contributed by atoms with Crippen molar-refractivity contribution in [1.29, 1.82) is 0 Å². The molecule has 3 aromatic carbocycles. The number of anilines is 2. The van der Waals surface area contributed by atoms with E-state index in [4.69, 9.17) is 16.3 Å². The van der Waals surface area contributed by atoms with E-state index in [0.717, 1.165) is 0 Å². The number of nitrogens with zero attached hydrogens (tertiary/aromatic N) is 2. The summed E-state index contributed by atoms with van der Waals surface area (Å²) in [5, 5.41) is 3.60. The van der Waals surface area contributed by atoms with E-state index in [1.807, 2.05) is 0 Å². The summed E-state index contributed by atoms with van der Waals surface area (Å²) in [5.41, 5.74) is 10.9. The van der Waals surface area contributed by atoms with Gasteiger partial charge in [-0.05, 0) is 53.4 Å². The van der Waals surface area contributed by atoms with Crippen molar-refractivity contribution in [2.75, 3.05) is 29.9 Å². The topological polar surface area (TPSA) is 250 Å². The fourth-order valence-corrected chi connectivity index (χ4v) is 7.07. The summed E-state index contributed by atoms with van der Waals surface area (Å²) in [4.78, 5) is 67.7. The Bertz CT molecular complexity index is 1810. The van der Waals surface area contributed by atoms with Crippen molar-refractivity contribution < 1.29 is 47.3 Å². The average molecular weight is 734 g/mol. The van der Waals surface area contributed by atoms with E-state index in [1.165, 1.54) is 53.3 Å². The number of ether oxygens (including phenoxy) is 1. The number of hydrogen-bond donors (Lipinski definition) is 8. The molecule has 0 radical (unpaired) electrons. The van der Waals surface area contributed by atoms with Gasteiger partial charge < -0.3 is 46.1 Å². The predicted molar refractivity (Wildman–Crippen MR) is 184 cm³/mol. The van der Waals surface area contributed by atoms with Gasteiger partial charge in [0.1, 0.15) is 17.3 Å². The highest BCUT2D eigenvalue weighted by atomic mass is 31.2. The smallest absolute Gasteiger partial charge is 0.414 e. The highest BCUT2D eigenvalue weighted by Gasteiger charge is 2.34. The molecule has 1 aliphatic heterocycles. The SMILES string of the molecule is CC(=O)NC[C@H]1CN(c2ccc(-c3ccc(CN(C/C(=C/N)NN)C(=O)Nc4ccc(CC([PH](=O)O)P(=O)(O)O)cc4)cc3)c(F)c2)C(=O)O1. The van der Waals surface area contributed by atoms with Gasteiger partial charge in [-0.15, -0.1) is 0 Å². The Labute approximate surface area is 287 Å². The molecule has 4 rings (SSSR count). The number of benzene rings is 3. The van der Waals surface area contributed by atoms with Gasteiger partial charge in [-0.2, -0.15) is 0 Å². The maximum Gasteiger partial charge on any atom is 0.414 e. The first-order valence-corrected chi connectivity index (χ1v) is 18.2. The lowest BCUT2D eigenvalue weighted by atomic mass is 10.0. The number of amides is 4. The molecular weight excluding hydrogens is 695 g/mol. The largest absolute Gasteiger partial charge is 0.442 e. The number of nitrogens with two attached hydrogens (primary N) is 2. The summed E-state index contributed by atoms with van der Waals surface area (Å²) in [5.74, 6) is 4.71. The van der Waals surface area contributed by atoms with Gasteiger partial charge in [-0.1, -0.05) is 36.4 Å². The lowest BCUT2D eigenvalue weighted by Gasteiger charge is -2.24. The van der Waals surface area contributed by atoms with Crippen LogP contribution in [0.25, 0.3) is 11.1 Å². The van der Waals surface area contributed by atoms with E-state index >= 15 is 4.39 Å². The zero-order chi connectivity index (χ0) is 36.6. The van der Waals surface area contributed by atoms with E-state index in [9.17, 15) is 38.2 Å². The first kappa shape index (κ1) is 38.0. The summed E-state index contributed by atoms with van der Waals surface area (Å²) < 4.78 is 43.6. The molecule has 0 spiro atoms. The minimum atomic E-state index is -4.81. The molecule has 3 aromatic rings. The number of hydrazine groups is 1. The van der Waals surface area contributed by atoms with E-state index in [1.54, 1.807) is 36.4 Å². The molecule has 0 saturated carbocycles. The van der Waals surface area contributed by atoms with E-state index < -0.39 is 45.1 Å². The number of carbonyl (C=O) groups excluding carboxylic acids is 3. The summed E-state index contributed by atoms with van der Waals surface area (Å²) in [6.45, 7) is 1.71. The van der Waals surface area contributed by atoms with Crippen molar-refractivity contribution in [2.45, 2.75) is 31.4 Å². The zero-order valence-corrected chi connectivity index (χ0v) is 28.7. The van der Waals surface area contributed by atoms with Crippen LogP contribution < -0.4 is 32.5 Å². The zero-order valence-electron chi connectivity index (χ0n) is 26.8. The molecule has 2 unspecified atom stereocenters. The van der Waals surface area contributed by atoms with Crippen LogP contribution in [0.15, 0.2) is 78.6 Å². The Morgan fingerprint density at radius 1 is 1.14 bits per heavy atom. The Balaban J connectivity index is 1.45. The van der Waals surface area contributed by atoms with Crippen LogP contribution in [0.3, 0.4) is 0 Å². The number of rotatable bonds is 14. The molecular formula is C31H38FN7O9P2. The van der Waals surface area contributed by atoms with Crippen LogP contribution in [0.1, 0.15) is 18.1 Å². The van der Waals surface area contributed by atoms with Crippen LogP contribution in [0.4, 0.5) is 25.4 Å². The second kappa shape index (κ2) is 16.8.